The highest BCUT2D eigenvalue weighted by Gasteiger charge is 2.05. The Bertz CT molecular complexity index is 368. The molecule has 4 heteroatoms. The lowest BCUT2D eigenvalue weighted by Gasteiger charge is -2.09. The van der Waals surface area contributed by atoms with Crippen molar-refractivity contribution in [1.29, 1.82) is 0 Å². The summed E-state index contributed by atoms with van der Waals surface area (Å²) in [4.78, 5) is 18.5. The zero-order valence-electron chi connectivity index (χ0n) is 9.79. The van der Waals surface area contributed by atoms with Crippen LogP contribution in [0.3, 0.4) is 0 Å². The van der Waals surface area contributed by atoms with E-state index in [1.165, 1.54) is 0 Å². The van der Waals surface area contributed by atoms with Gasteiger partial charge in [0.2, 0.25) is 0 Å². The van der Waals surface area contributed by atoms with Crippen molar-refractivity contribution in [1.82, 2.24) is 15.3 Å². The predicted molar refractivity (Wildman–Crippen MR) is 60.9 cm³/mol. The standard InChI is InChI=1S/C11H19N3O/c1-7(2)9-5-11(15)14-10(13-9)6-12-8(3)4/h5,7-8,12H,6H2,1-4H3,(H,13,14,15). The van der Waals surface area contributed by atoms with Crippen LogP contribution in [0.25, 0.3) is 0 Å². The molecule has 0 saturated carbocycles. The fraction of sp³-hybridized carbons (Fsp3) is 0.636. The van der Waals surface area contributed by atoms with Crippen LogP contribution in [-0.4, -0.2) is 16.0 Å². The van der Waals surface area contributed by atoms with E-state index in [1.54, 1.807) is 6.07 Å². The number of hydrogen-bond acceptors (Lipinski definition) is 3. The predicted octanol–water partition coefficient (Wildman–Crippen LogP) is 1.39. The van der Waals surface area contributed by atoms with Crippen LogP contribution in [0, 0.1) is 0 Å². The van der Waals surface area contributed by atoms with E-state index in [0.717, 1.165) is 5.69 Å². The van der Waals surface area contributed by atoms with Gasteiger partial charge in [0, 0.05) is 12.1 Å². The topological polar surface area (TPSA) is 57.8 Å². The smallest absolute Gasteiger partial charge is 0.251 e. The number of aromatic nitrogens is 2. The highest BCUT2D eigenvalue weighted by molar-refractivity contribution is 5.06. The molecular formula is C11H19N3O. The van der Waals surface area contributed by atoms with Crippen molar-refractivity contribution in [2.75, 3.05) is 0 Å². The summed E-state index contributed by atoms with van der Waals surface area (Å²) < 4.78 is 0. The quantitative estimate of drug-likeness (QED) is 0.788. The van der Waals surface area contributed by atoms with Gasteiger partial charge in [-0.15, -0.1) is 0 Å². The van der Waals surface area contributed by atoms with Gasteiger partial charge in [-0.05, 0) is 5.92 Å². The van der Waals surface area contributed by atoms with E-state index in [0.29, 0.717) is 18.4 Å². The molecule has 0 radical (unpaired) electrons. The zero-order valence-corrected chi connectivity index (χ0v) is 9.79. The van der Waals surface area contributed by atoms with Crippen LogP contribution < -0.4 is 10.9 Å². The minimum atomic E-state index is -0.0748. The molecule has 1 aromatic heterocycles. The van der Waals surface area contributed by atoms with Gasteiger partial charge in [0.1, 0.15) is 5.82 Å². The van der Waals surface area contributed by atoms with Crippen molar-refractivity contribution < 1.29 is 0 Å². The molecule has 0 spiro atoms. The molecule has 0 amide bonds. The van der Waals surface area contributed by atoms with Crippen LogP contribution in [-0.2, 0) is 6.54 Å². The Labute approximate surface area is 90.1 Å². The second-order valence-corrected chi connectivity index (χ2v) is 4.31. The average molecular weight is 209 g/mol. The van der Waals surface area contributed by atoms with Gasteiger partial charge in [-0.1, -0.05) is 27.7 Å². The van der Waals surface area contributed by atoms with E-state index in [-0.39, 0.29) is 11.5 Å². The third-order valence-corrected chi connectivity index (χ3v) is 2.08. The molecule has 0 atom stereocenters. The summed E-state index contributed by atoms with van der Waals surface area (Å²) >= 11 is 0. The average Bonchev–Trinajstić information content (AvgIpc) is 2.13. The van der Waals surface area contributed by atoms with Crippen molar-refractivity contribution in [3.63, 3.8) is 0 Å². The summed E-state index contributed by atoms with van der Waals surface area (Å²) in [6.07, 6.45) is 0. The third kappa shape index (κ3) is 3.83. The SMILES string of the molecule is CC(C)NCc1nc(C(C)C)cc(=O)[nH]1. The first-order valence-corrected chi connectivity index (χ1v) is 5.32. The first-order chi connectivity index (χ1) is 6.99. The van der Waals surface area contributed by atoms with Gasteiger partial charge in [-0.25, -0.2) is 4.98 Å². The van der Waals surface area contributed by atoms with E-state index < -0.39 is 0 Å². The van der Waals surface area contributed by atoms with Gasteiger partial charge < -0.3 is 10.3 Å². The summed E-state index contributed by atoms with van der Waals surface area (Å²) in [6.45, 7) is 8.78. The van der Waals surface area contributed by atoms with E-state index in [2.05, 4.69) is 29.1 Å². The molecule has 0 aliphatic heterocycles. The van der Waals surface area contributed by atoms with Gasteiger partial charge in [-0.3, -0.25) is 4.79 Å². The Morgan fingerprint density at radius 2 is 2.07 bits per heavy atom. The van der Waals surface area contributed by atoms with Crippen molar-refractivity contribution >= 4 is 0 Å². The molecule has 84 valence electrons. The molecule has 1 heterocycles. The Kier molecular flexibility index (Phi) is 4.03. The molecule has 15 heavy (non-hydrogen) atoms. The van der Waals surface area contributed by atoms with Crippen molar-refractivity contribution in [3.05, 3.63) is 27.9 Å². The van der Waals surface area contributed by atoms with Gasteiger partial charge in [0.25, 0.3) is 5.56 Å². The fourth-order valence-corrected chi connectivity index (χ4v) is 1.21. The van der Waals surface area contributed by atoms with Gasteiger partial charge >= 0.3 is 0 Å². The summed E-state index contributed by atoms with van der Waals surface area (Å²) in [5, 5.41) is 3.22. The van der Waals surface area contributed by atoms with Crippen LogP contribution in [0.1, 0.15) is 45.1 Å². The molecule has 0 aliphatic rings. The fourth-order valence-electron chi connectivity index (χ4n) is 1.21. The maximum absolute atomic E-state index is 11.3. The summed E-state index contributed by atoms with van der Waals surface area (Å²) in [7, 11) is 0. The summed E-state index contributed by atoms with van der Waals surface area (Å²) in [5.74, 6) is 0.991. The van der Waals surface area contributed by atoms with Crippen LogP contribution >= 0.6 is 0 Å². The molecular weight excluding hydrogens is 190 g/mol. The Balaban J connectivity index is 2.84. The van der Waals surface area contributed by atoms with Crippen LogP contribution in [0.2, 0.25) is 0 Å². The molecule has 0 bridgehead atoms. The molecule has 0 fully saturated rings. The van der Waals surface area contributed by atoms with Gasteiger partial charge in [-0.2, -0.15) is 0 Å². The highest BCUT2D eigenvalue weighted by Crippen LogP contribution is 2.08. The van der Waals surface area contributed by atoms with Crippen LogP contribution in [0.15, 0.2) is 10.9 Å². The minimum Gasteiger partial charge on any atom is -0.309 e. The Hall–Kier alpha value is -1.16. The van der Waals surface area contributed by atoms with Crippen LogP contribution in [0.4, 0.5) is 0 Å². The lowest BCUT2D eigenvalue weighted by molar-refractivity contribution is 0.567. The second kappa shape index (κ2) is 5.07. The van der Waals surface area contributed by atoms with Crippen LogP contribution in [0.5, 0.6) is 0 Å². The number of H-pyrrole nitrogens is 1. The first-order valence-electron chi connectivity index (χ1n) is 5.32. The van der Waals surface area contributed by atoms with Crippen molar-refractivity contribution in [2.24, 2.45) is 0 Å². The maximum Gasteiger partial charge on any atom is 0.251 e. The number of rotatable bonds is 4. The molecule has 1 aromatic rings. The molecule has 0 aliphatic carbocycles. The Morgan fingerprint density at radius 3 is 2.60 bits per heavy atom. The van der Waals surface area contributed by atoms with E-state index >= 15 is 0 Å². The summed E-state index contributed by atoms with van der Waals surface area (Å²) in [6, 6.07) is 1.95. The first kappa shape index (κ1) is 11.9. The van der Waals surface area contributed by atoms with E-state index in [1.807, 2.05) is 13.8 Å². The van der Waals surface area contributed by atoms with E-state index in [4.69, 9.17) is 0 Å². The third-order valence-electron chi connectivity index (χ3n) is 2.08. The number of nitrogens with one attached hydrogen (secondary N) is 2. The molecule has 0 aromatic carbocycles. The minimum absolute atomic E-state index is 0.0748. The summed E-state index contributed by atoms with van der Waals surface area (Å²) in [5.41, 5.74) is 0.772. The lowest BCUT2D eigenvalue weighted by Crippen LogP contribution is -2.25. The Morgan fingerprint density at radius 1 is 1.40 bits per heavy atom. The van der Waals surface area contributed by atoms with Crippen molar-refractivity contribution in [2.45, 2.75) is 46.2 Å². The normalized spacial score (nSPS) is 11.3. The van der Waals surface area contributed by atoms with Crippen molar-refractivity contribution in [3.8, 4) is 0 Å². The molecule has 2 N–H and O–H groups in total. The number of aromatic amines is 1. The maximum atomic E-state index is 11.3. The second-order valence-electron chi connectivity index (χ2n) is 4.31. The molecule has 0 saturated heterocycles. The van der Waals surface area contributed by atoms with E-state index in [9.17, 15) is 4.79 Å². The molecule has 4 nitrogen and oxygen atoms in total. The van der Waals surface area contributed by atoms with Gasteiger partial charge in [0.05, 0.1) is 12.2 Å². The number of hydrogen-bond donors (Lipinski definition) is 2. The zero-order chi connectivity index (χ0) is 11.4. The lowest BCUT2D eigenvalue weighted by atomic mass is 10.1. The highest BCUT2D eigenvalue weighted by atomic mass is 16.1. The molecule has 0 unspecified atom stereocenters. The number of nitrogens with zero attached hydrogens (tertiary/aromatic N) is 1. The monoisotopic (exact) mass is 209 g/mol. The largest absolute Gasteiger partial charge is 0.309 e. The molecule has 1 rings (SSSR count). The van der Waals surface area contributed by atoms with Gasteiger partial charge in [0.15, 0.2) is 0 Å².